The van der Waals surface area contributed by atoms with E-state index in [1.165, 1.54) is 6.20 Å². The molecule has 5 heteroatoms. The maximum atomic E-state index is 12.5. The Balaban J connectivity index is 1.91. The molecule has 1 fully saturated rings. The number of nitrogens with two attached hydrogens (primary N) is 1. The lowest BCUT2D eigenvalue weighted by Gasteiger charge is -2.10. The number of likely N-dealkylation sites (tertiary alicyclic amines) is 1. The number of amides is 1. The molecule has 112 valence electrons. The molecular weight excluding hydrogens is 278 g/mol. The van der Waals surface area contributed by atoms with Crippen LogP contribution in [-0.2, 0) is 4.79 Å². The maximum absolute atomic E-state index is 12.5. The molecule has 3 rings (SSSR count). The summed E-state index contributed by atoms with van der Waals surface area (Å²) in [5.41, 5.74) is 8.63. The van der Waals surface area contributed by atoms with Crippen LogP contribution in [0.5, 0.6) is 0 Å². The minimum atomic E-state index is -0.581. The van der Waals surface area contributed by atoms with Gasteiger partial charge < -0.3 is 10.6 Å². The number of carbonyl (C=O) groups excluding carboxylic acids is 2. The van der Waals surface area contributed by atoms with Gasteiger partial charge in [0.05, 0.1) is 0 Å². The summed E-state index contributed by atoms with van der Waals surface area (Å²) in [7, 11) is 1.72. The lowest BCUT2D eigenvalue weighted by Crippen LogP contribution is -2.27. The normalized spacial score (nSPS) is 17.8. The van der Waals surface area contributed by atoms with Crippen molar-refractivity contribution in [1.29, 1.82) is 0 Å². The first-order chi connectivity index (χ1) is 10.6. The average Bonchev–Trinajstić information content (AvgIpc) is 2.86. The summed E-state index contributed by atoms with van der Waals surface area (Å²) in [5, 5.41) is 0. The van der Waals surface area contributed by atoms with Crippen LogP contribution in [0.25, 0.3) is 11.1 Å². The van der Waals surface area contributed by atoms with Gasteiger partial charge >= 0.3 is 0 Å². The van der Waals surface area contributed by atoms with Gasteiger partial charge in [-0.2, -0.15) is 0 Å². The SMILES string of the molecule is CN1CCC(C(=O)c2cncc(-c3cccc(N)c3)c2)C1=O. The van der Waals surface area contributed by atoms with Gasteiger partial charge in [0.1, 0.15) is 5.92 Å². The van der Waals surface area contributed by atoms with Gasteiger partial charge in [-0.05, 0) is 30.2 Å². The third-order valence-corrected chi connectivity index (χ3v) is 3.99. The maximum Gasteiger partial charge on any atom is 0.233 e. The van der Waals surface area contributed by atoms with E-state index >= 15 is 0 Å². The van der Waals surface area contributed by atoms with Crippen molar-refractivity contribution in [2.75, 3.05) is 19.3 Å². The molecular formula is C17H17N3O2. The summed E-state index contributed by atoms with van der Waals surface area (Å²) in [6.45, 7) is 0.623. The number of nitrogen functional groups attached to an aromatic ring is 1. The Kier molecular flexibility index (Phi) is 3.63. The highest BCUT2D eigenvalue weighted by molar-refractivity contribution is 6.11. The minimum Gasteiger partial charge on any atom is -0.399 e. The van der Waals surface area contributed by atoms with Crippen LogP contribution >= 0.6 is 0 Å². The number of rotatable bonds is 3. The highest BCUT2D eigenvalue weighted by atomic mass is 16.2. The predicted molar refractivity (Wildman–Crippen MR) is 84.2 cm³/mol. The van der Waals surface area contributed by atoms with Crippen molar-refractivity contribution in [3.8, 4) is 11.1 Å². The fraction of sp³-hybridized carbons (Fsp3) is 0.235. The first-order valence-electron chi connectivity index (χ1n) is 7.16. The van der Waals surface area contributed by atoms with E-state index in [1.807, 2.05) is 18.2 Å². The van der Waals surface area contributed by atoms with Crippen molar-refractivity contribution in [3.63, 3.8) is 0 Å². The number of hydrogen-bond acceptors (Lipinski definition) is 4. The fourth-order valence-corrected chi connectivity index (χ4v) is 2.72. The number of ketones is 1. The Morgan fingerprint density at radius 3 is 2.77 bits per heavy atom. The van der Waals surface area contributed by atoms with Crippen molar-refractivity contribution in [3.05, 3.63) is 48.3 Å². The van der Waals surface area contributed by atoms with E-state index in [4.69, 9.17) is 5.73 Å². The molecule has 1 amide bonds. The first kappa shape index (κ1) is 14.3. The largest absolute Gasteiger partial charge is 0.399 e. The van der Waals surface area contributed by atoms with Crippen molar-refractivity contribution in [1.82, 2.24) is 9.88 Å². The molecule has 0 spiro atoms. The van der Waals surface area contributed by atoms with Crippen LogP contribution in [0.3, 0.4) is 0 Å². The smallest absolute Gasteiger partial charge is 0.233 e. The van der Waals surface area contributed by atoms with E-state index in [9.17, 15) is 9.59 Å². The van der Waals surface area contributed by atoms with Gasteiger partial charge in [-0.1, -0.05) is 12.1 Å². The topological polar surface area (TPSA) is 76.3 Å². The molecule has 1 aliphatic heterocycles. The van der Waals surface area contributed by atoms with Gasteiger partial charge in [0, 0.05) is 42.8 Å². The Labute approximate surface area is 128 Å². The standard InChI is InChI=1S/C17H17N3O2/c1-20-6-5-15(17(20)22)16(21)13-7-12(9-19-10-13)11-3-2-4-14(18)8-11/h2-4,7-10,15H,5-6,18H2,1H3. The number of benzene rings is 1. The summed E-state index contributed by atoms with van der Waals surface area (Å²) < 4.78 is 0. The minimum absolute atomic E-state index is 0.112. The molecule has 2 heterocycles. The molecule has 1 unspecified atom stereocenters. The second kappa shape index (κ2) is 5.60. The van der Waals surface area contributed by atoms with E-state index in [0.717, 1.165) is 11.1 Å². The molecule has 22 heavy (non-hydrogen) atoms. The Morgan fingerprint density at radius 1 is 1.27 bits per heavy atom. The molecule has 0 bridgehead atoms. The van der Waals surface area contributed by atoms with Crippen LogP contribution in [0.1, 0.15) is 16.8 Å². The zero-order valence-corrected chi connectivity index (χ0v) is 12.3. The third kappa shape index (κ3) is 2.57. The second-order valence-electron chi connectivity index (χ2n) is 5.55. The second-order valence-corrected chi connectivity index (χ2v) is 5.55. The van der Waals surface area contributed by atoms with Gasteiger partial charge in [-0.15, -0.1) is 0 Å². The number of carbonyl (C=O) groups is 2. The van der Waals surface area contributed by atoms with E-state index in [2.05, 4.69) is 4.98 Å². The zero-order chi connectivity index (χ0) is 15.7. The van der Waals surface area contributed by atoms with Crippen molar-refractivity contribution in [2.24, 2.45) is 5.92 Å². The van der Waals surface area contributed by atoms with Gasteiger partial charge in [-0.25, -0.2) is 0 Å². The number of anilines is 1. The van der Waals surface area contributed by atoms with Crippen LogP contribution in [-0.4, -0.2) is 35.2 Å². The Hall–Kier alpha value is -2.69. The number of pyridine rings is 1. The summed E-state index contributed by atoms with van der Waals surface area (Å²) in [6.07, 6.45) is 3.77. The molecule has 1 saturated heterocycles. The van der Waals surface area contributed by atoms with Gasteiger partial charge in [0.25, 0.3) is 0 Å². The highest BCUT2D eigenvalue weighted by Gasteiger charge is 2.35. The van der Waals surface area contributed by atoms with Crippen LogP contribution < -0.4 is 5.73 Å². The van der Waals surface area contributed by atoms with E-state index in [1.54, 1.807) is 30.3 Å². The molecule has 2 aromatic rings. The first-order valence-corrected chi connectivity index (χ1v) is 7.16. The van der Waals surface area contributed by atoms with Gasteiger partial charge in [0.2, 0.25) is 5.91 Å². The molecule has 0 radical (unpaired) electrons. The quantitative estimate of drug-likeness (QED) is 0.534. The average molecular weight is 295 g/mol. The summed E-state index contributed by atoms with van der Waals surface area (Å²) in [5.74, 6) is -0.852. The van der Waals surface area contributed by atoms with E-state index in [0.29, 0.717) is 24.2 Å². The molecule has 2 N–H and O–H groups in total. The van der Waals surface area contributed by atoms with Crippen LogP contribution in [0, 0.1) is 5.92 Å². The van der Waals surface area contributed by atoms with Crippen molar-refractivity contribution >= 4 is 17.4 Å². The zero-order valence-electron chi connectivity index (χ0n) is 12.3. The Morgan fingerprint density at radius 2 is 2.09 bits per heavy atom. The van der Waals surface area contributed by atoms with E-state index < -0.39 is 5.92 Å². The van der Waals surface area contributed by atoms with Gasteiger partial charge in [0.15, 0.2) is 5.78 Å². The van der Waals surface area contributed by atoms with Gasteiger partial charge in [-0.3, -0.25) is 14.6 Å². The van der Waals surface area contributed by atoms with E-state index in [-0.39, 0.29) is 11.7 Å². The molecule has 1 aromatic heterocycles. The fourth-order valence-electron chi connectivity index (χ4n) is 2.72. The van der Waals surface area contributed by atoms with Crippen LogP contribution in [0.15, 0.2) is 42.7 Å². The molecule has 1 aromatic carbocycles. The molecule has 0 aliphatic carbocycles. The molecule has 1 aliphatic rings. The van der Waals surface area contributed by atoms with Crippen molar-refractivity contribution in [2.45, 2.75) is 6.42 Å². The van der Waals surface area contributed by atoms with Crippen molar-refractivity contribution < 1.29 is 9.59 Å². The number of nitrogens with zero attached hydrogens (tertiary/aromatic N) is 2. The van der Waals surface area contributed by atoms with Crippen LogP contribution in [0.2, 0.25) is 0 Å². The number of hydrogen-bond donors (Lipinski definition) is 1. The molecule has 5 nitrogen and oxygen atoms in total. The predicted octanol–water partition coefficient (Wildman–Crippen LogP) is 1.99. The number of Topliss-reactive ketones (excluding diaryl/α,β-unsaturated/α-hetero) is 1. The highest BCUT2D eigenvalue weighted by Crippen LogP contribution is 2.25. The van der Waals surface area contributed by atoms with Crippen LogP contribution in [0.4, 0.5) is 5.69 Å². The molecule has 0 saturated carbocycles. The monoisotopic (exact) mass is 295 g/mol. The molecule has 1 atom stereocenters. The number of aromatic nitrogens is 1. The lowest BCUT2D eigenvalue weighted by atomic mass is 9.95. The summed E-state index contributed by atoms with van der Waals surface area (Å²) in [6, 6.07) is 9.18. The lowest BCUT2D eigenvalue weighted by molar-refractivity contribution is -0.128. The summed E-state index contributed by atoms with van der Waals surface area (Å²) >= 11 is 0. The summed E-state index contributed by atoms with van der Waals surface area (Å²) in [4.78, 5) is 30.3. The Bertz CT molecular complexity index is 742. The third-order valence-electron chi connectivity index (χ3n) is 3.99.